The molecule has 1 heterocycles. The summed E-state index contributed by atoms with van der Waals surface area (Å²) in [6, 6.07) is 1.13. The van der Waals surface area contributed by atoms with Crippen molar-refractivity contribution >= 4 is 0 Å². The van der Waals surface area contributed by atoms with Crippen LogP contribution in [0.15, 0.2) is 0 Å². The standard InChI is InChI=1S/C16H29N3/c1-5-10-17-12(2)11-13(3)19-14(4)18-15-8-6-7-9-16(15)19/h12-13,17H,5-11H2,1-4H3. The summed E-state index contributed by atoms with van der Waals surface area (Å²) in [4.78, 5) is 4.78. The Morgan fingerprint density at radius 2 is 2.00 bits per heavy atom. The molecule has 3 heteroatoms. The van der Waals surface area contributed by atoms with E-state index in [9.17, 15) is 0 Å². The second-order valence-corrected chi connectivity index (χ2v) is 6.07. The van der Waals surface area contributed by atoms with E-state index in [0.717, 1.165) is 6.54 Å². The highest BCUT2D eigenvalue weighted by molar-refractivity contribution is 5.20. The molecule has 0 saturated carbocycles. The van der Waals surface area contributed by atoms with Gasteiger partial charge in [-0.15, -0.1) is 0 Å². The Balaban J connectivity index is 2.06. The number of nitrogens with one attached hydrogen (secondary N) is 1. The van der Waals surface area contributed by atoms with Gasteiger partial charge in [-0.1, -0.05) is 6.92 Å². The van der Waals surface area contributed by atoms with Crippen molar-refractivity contribution in [3.8, 4) is 0 Å². The van der Waals surface area contributed by atoms with E-state index in [4.69, 9.17) is 4.98 Å². The van der Waals surface area contributed by atoms with E-state index in [0.29, 0.717) is 12.1 Å². The highest BCUT2D eigenvalue weighted by Gasteiger charge is 2.21. The maximum absolute atomic E-state index is 4.78. The van der Waals surface area contributed by atoms with Crippen LogP contribution >= 0.6 is 0 Å². The molecule has 2 atom stereocenters. The molecule has 1 aromatic rings. The van der Waals surface area contributed by atoms with Gasteiger partial charge in [0.1, 0.15) is 5.82 Å². The van der Waals surface area contributed by atoms with Crippen LogP contribution in [0, 0.1) is 6.92 Å². The zero-order valence-electron chi connectivity index (χ0n) is 13.0. The van der Waals surface area contributed by atoms with Gasteiger partial charge in [0.15, 0.2) is 0 Å². The summed E-state index contributed by atoms with van der Waals surface area (Å²) in [7, 11) is 0. The van der Waals surface area contributed by atoms with Crippen LogP contribution in [0.2, 0.25) is 0 Å². The lowest BCUT2D eigenvalue weighted by atomic mass is 10.00. The Labute approximate surface area is 117 Å². The Hall–Kier alpha value is -0.830. The first-order chi connectivity index (χ1) is 9.13. The summed E-state index contributed by atoms with van der Waals surface area (Å²) < 4.78 is 2.50. The number of aromatic nitrogens is 2. The Morgan fingerprint density at radius 3 is 2.74 bits per heavy atom. The Bertz CT molecular complexity index is 408. The summed E-state index contributed by atoms with van der Waals surface area (Å²) in [5.41, 5.74) is 2.88. The van der Waals surface area contributed by atoms with Gasteiger partial charge in [-0.05, 0) is 65.8 Å². The van der Waals surface area contributed by atoms with Gasteiger partial charge in [0.05, 0.1) is 5.69 Å². The Morgan fingerprint density at radius 1 is 1.26 bits per heavy atom. The first-order valence-electron chi connectivity index (χ1n) is 7.93. The van der Waals surface area contributed by atoms with Gasteiger partial charge in [0.25, 0.3) is 0 Å². The van der Waals surface area contributed by atoms with Gasteiger partial charge in [-0.25, -0.2) is 4.98 Å². The zero-order valence-corrected chi connectivity index (χ0v) is 13.0. The number of hydrogen-bond acceptors (Lipinski definition) is 2. The molecule has 3 nitrogen and oxygen atoms in total. The summed E-state index contributed by atoms with van der Waals surface area (Å²) in [5.74, 6) is 1.21. The largest absolute Gasteiger partial charge is 0.329 e. The van der Waals surface area contributed by atoms with Crippen LogP contribution < -0.4 is 5.32 Å². The van der Waals surface area contributed by atoms with E-state index >= 15 is 0 Å². The number of imidazole rings is 1. The molecule has 108 valence electrons. The maximum atomic E-state index is 4.78. The molecular weight excluding hydrogens is 234 g/mol. The van der Waals surface area contributed by atoms with Crippen molar-refractivity contribution in [1.29, 1.82) is 0 Å². The van der Waals surface area contributed by atoms with Gasteiger partial charge >= 0.3 is 0 Å². The van der Waals surface area contributed by atoms with Gasteiger partial charge in [-0.3, -0.25) is 0 Å². The van der Waals surface area contributed by atoms with Crippen LogP contribution in [-0.4, -0.2) is 22.1 Å². The van der Waals surface area contributed by atoms with Gasteiger partial charge < -0.3 is 9.88 Å². The highest BCUT2D eigenvalue weighted by atomic mass is 15.1. The quantitative estimate of drug-likeness (QED) is 0.852. The second kappa shape index (κ2) is 6.56. The first kappa shape index (κ1) is 14.6. The lowest BCUT2D eigenvalue weighted by molar-refractivity contribution is 0.399. The summed E-state index contributed by atoms with van der Waals surface area (Å²) in [6.45, 7) is 10.1. The van der Waals surface area contributed by atoms with E-state index in [-0.39, 0.29) is 0 Å². The SMILES string of the molecule is CCCNC(C)CC(C)n1c(C)nc2c1CCCC2. The lowest BCUT2D eigenvalue weighted by Gasteiger charge is -2.24. The van der Waals surface area contributed by atoms with Crippen LogP contribution in [0.25, 0.3) is 0 Å². The molecule has 0 radical (unpaired) electrons. The van der Waals surface area contributed by atoms with Crippen LogP contribution in [0.5, 0.6) is 0 Å². The van der Waals surface area contributed by atoms with Crippen LogP contribution in [0.1, 0.15) is 69.7 Å². The minimum atomic E-state index is 0.550. The smallest absolute Gasteiger partial charge is 0.106 e. The fourth-order valence-corrected chi connectivity index (χ4v) is 3.37. The molecule has 1 aliphatic carbocycles. The molecule has 2 rings (SSSR count). The van der Waals surface area contributed by atoms with Gasteiger partial charge in [0, 0.05) is 17.8 Å². The number of rotatable bonds is 6. The van der Waals surface area contributed by atoms with Crippen LogP contribution in [-0.2, 0) is 12.8 Å². The van der Waals surface area contributed by atoms with Crippen molar-refractivity contribution in [2.24, 2.45) is 0 Å². The predicted molar refractivity (Wildman–Crippen MR) is 80.7 cm³/mol. The number of nitrogens with zero attached hydrogens (tertiary/aromatic N) is 2. The molecule has 0 saturated heterocycles. The third kappa shape index (κ3) is 3.38. The molecule has 0 spiro atoms. The first-order valence-corrected chi connectivity index (χ1v) is 7.93. The molecule has 0 fully saturated rings. The zero-order chi connectivity index (χ0) is 13.8. The van der Waals surface area contributed by atoms with E-state index in [1.54, 1.807) is 0 Å². The topological polar surface area (TPSA) is 29.9 Å². The molecule has 2 unspecified atom stereocenters. The average molecular weight is 263 g/mol. The van der Waals surface area contributed by atoms with E-state index < -0.39 is 0 Å². The van der Waals surface area contributed by atoms with E-state index in [1.165, 1.54) is 55.7 Å². The monoisotopic (exact) mass is 263 g/mol. The molecule has 1 aliphatic rings. The number of fused-ring (bicyclic) bond motifs is 1. The summed E-state index contributed by atoms with van der Waals surface area (Å²) >= 11 is 0. The normalized spacial score (nSPS) is 18.1. The van der Waals surface area contributed by atoms with Crippen LogP contribution in [0.4, 0.5) is 0 Å². The second-order valence-electron chi connectivity index (χ2n) is 6.07. The molecule has 1 N–H and O–H groups in total. The van der Waals surface area contributed by atoms with E-state index in [1.807, 2.05) is 0 Å². The predicted octanol–water partition coefficient (Wildman–Crippen LogP) is 3.41. The third-order valence-electron chi connectivity index (χ3n) is 4.22. The molecule has 0 amide bonds. The van der Waals surface area contributed by atoms with Crippen molar-refractivity contribution in [3.63, 3.8) is 0 Å². The van der Waals surface area contributed by atoms with Crippen molar-refractivity contribution in [3.05, 3.63) is 17.2 Å². The van der Waals surface area contributed by atoms with Crippen molar-refractivity contribution in [1.82, 2.24) is 14.9 Å². The molecule has 0 bridgehead atoms. The number of aryl methyl sites for hydroxylation is 2. The molecule has 19 heavy (non-hydrogen) atoms. The minimum absolute atomic E-state index is 0.550. The minimum Gasteiger partial charge on any atom is -0.329 e. The third-order valence-corrected chi connectivity index (χ3v) is 4.22. The summed E-state index contributed by atoms with van der Waals surface area (Å²) in [5, 5.41) is 3.59. The van der Waals surface area contributed by atoms with E-state index in [2.05, 4.69) is 37.6 Å². The highest BCUT2D eigenvalue weighted by Crippen LogP contribution is 2.27. The molecular formula is C16H29N3. The van der Waals surface area contributed by atoms with Gasteiger partial charge in [0.2, 0.25) is 0 Å². The van der Waals surface area contributed by atoms with Crippen molar-refractivity contribution in [2.75, 3.05) is 6.54 Å². The Kier molecular flexibility index (Phi) is 5.03. The number of hydrogen-bond donors (Lipinski definition) is 1. The maximum Gasteiger partial charge on any atom is 0.106 e. The van der Waals surface area contributed by atoms with Crippen molar-refractivity contribution in [2.45, 2.75) is 78.3 Å². The molecule has 0 aliphatic heterocycles. The average Bonchev–Trinajstić information content (AvgIpc) is 2.72. The fourth-order valence-electron chi connectivity index (χ4n) is 3.37. The van der Waals surface area contributed by atoms with Crippen molar-refractivity contribution < 1.29 is 0 Å². The molecule has 0 aromatic carbocycles. The van der Waals surface area contributed by atoms with Crippen LogP contribution in [0.3, 0.4) is 0 Å². The lowest BCUT2D eigenvalue weighted by Crippen LogP contribution is -2.29. The summed E-state index contributed by atoms with van der Waals surface area (Å²) in [6.07, 6.45) is 7.43. The fraction of sp³-hybridized carbons (Fsp3) is 0.812. The molecule has 1 aromatic heterocycles. The van der Waals surface area contributed by atoms with Gasteiger partial charge in [-0.2, -0.15) is 0 Å².